The van der Waals surface area contributed by atoms with E-state index in [0.29, 0.717) is 5.92 Å². The van der Waals surface area contributed by atoms with Crippen LogP contribution in [0.2, 0.25) is 0 Å². The van der Waals surface area contributed by atoms with E-state index < -0.39 is 0 Å². The minimum Gasteiger partial charge on any atom is -0.0885 e. The van der Waals surface area contributed by atoms with E-state index in [1.54, 1.807) is 0 Å². The maximum atomic E-state index is 3.98. The Hall–Kier alpha value is -0.260. The van der Waals surface area contributed by atoms with Crippen LogP contribution >= 0.6 is 0 Å². The maximum absolute atomic E-state index is 3.98. The smallest absolute Gasteiger partial charge is 0.0351 e. The van der Waals surface area contributed by atoms with E-state index in [9.17, 15) is 0 Å². The molecule has 0 amide bonds. The fourth-order valence-electron chi connectivity index (χ4n) is 1.34. The molecule has 0 bridgehead atoms. The lowest BCUT2D eigenvalue weighted by molar-refractivity contribution is 0.553. The summed E-state index contributed by atoms with van der Waals surface area (Å²) >= 11 is 0. The van der Waals surface area contributed by atoms with Gasteiger partial charge in [-0.2, -0.15) is 0 Å². The molecule has 1 unspecified atom stereocenters. The second-order valence-corrected chi connectivity index (χ2v) is 3.86. The van der Waals surface area contributed by atoms with Crippen LogP contribution in [0.5, 0.6) is 0 Å². The van der Waals surface area contributed by atoms with Gasteiger partial charge in [-0.15, -0.1) is 0 Å². The molecule has 0 aromatic rings. The average molecular weight is 180 g/mol. The third-order valence-electron chi connectivity index (χ3n) is 2.15. The van der Waals surface area contributed by atoms with Crippen LogP contribution < -0.4 is 0 Å². The summed E-state index contributed by atoms with van der Waals surface area (Å²) in [6, 6.07) is 0. The molecule has 0 heteroatoms. The van der Waals surface area contributed by atoms with Crippen LogP contribution in [0.3, 0.4) is 0 Å². The van der Waals surface area contributed by atoms with Gasteiger partial charge < -0.3 is 0 Å². The fraction of sp³-hybridized carbons (Fsp3) is 0.692. The Labute approximate surface area is 84.4 Å². The molecular weight excluding hydrogens is 156 g/mol. The van der Waals surface area contributed by atoms with Crippen LogP contribution in [0, 0.1) is 19.8 Å². The molecule has 0 nitrogen and oxygen atoms in total. The van der Waals surface area contributed by atoms with Gasteiger partial charge >= 0.3 is 0 Å². The van der Waals surface area contributed by atoms with E-state index >= 15 is 0 Å². The minimum atomic E-state index is 0.631. The molecular formula is C13H24. The standard InChI is InChI=1S/C13H24/c1-4-5-6-7-8-9-10-11-12-13(2)3/h5-6,13H,1-2,4,7-12H2,3H3/b6-5+. The van der Waals surface area contributed by atoms with Gasteiger partial charge in [-0.1, -0.05) is 51.7 Å². The highest BCUT2D eigenvalue weighted by molar-refractivity contribution is 4.81. The summed E-state index contributed by atoms with van der Waals surface area (Å²) in [5, 5.41) is 0. The number of allylic oxidation sites excluding steroid dienone is 2. The summed E-state index contributed by atoms with van der Waals surface area (Å²) in [6.07, 6.45) is 13.3. The predicted octanol–water partition coefficient (Wildman–Crippen LogP) is 4.58. The monoisotopic (exact) mass is 180 g/mol. The largest absolute Gasteiger partial charge is 0.0885 e. The minimum absolute atomic E-state index is 0.631. The quantitative estimate of drug-likeness (QED) is 0.379. The summed E-state index contributed by atoms with van der Waals surface area (Å²) < 4.78 is 0. The molecule has 0 spiro atoms. The van der Waals surface area contributed by atoms with Crippen LogP contribution in [0.4, 0.5) is 0 Å². The van der Waals surface area contributed by atoms with E-state index in [4.69, 9.17) is 0 Å². The Balaban J connectivity index is 2.95. The fourth-order valence-corrected chi connectivity index (χ4v) is 1.34. The highest BCUT2D eigenvalue weighted by Crippen LogP contribution is 2.10. The number of unbranched alkanes of at least 4 members (excludes halogenated alkanes) is 4. The van der Waals surface area contributed by atoms with Crippen LogP contribution in [0.25, 0.3) is 0 Å². The van der Waals surface area contributed by atoms with Crippen molar-refractivity contribution in [3.63, 3.8) is 0 Å². The van der Waals surface area contributed by atoms with Crippen molar-refractivity contribution in [3.05, 3.63) is 26.0 Å². The van der Waals surface area contributed by atoms with E-state index in [1.807, 2.05) is 0 Å². The SMILES string of the molecule is [CH2]C/C=C/CCCCCCC([CH2])C. The molecule has 1 atom stereocenters. The lowest BCUT2D eigenvalue weighted by Gasteiger charge is -2.02. The summed E-state index contributed by atoms with van der Waals surface area (Å²) in [6.45, 7) is 9.93. The van der Waals surface area contributed by atoms with Gasteiger partial charge in [0, 0.05) is 0 Å². The summed E-state index contributed by atoms with van der Waals surface area (Å²) in [7, 11) is 0. The van der Waals surface area contributed by atoms with Gasteiger partial charge in [0.05, 0.1) is 0 Å². The Bertz CT molecular complexity index is 111. The first kappa shape index (κ1) is 12.7. The third kappa shape index (κ3) is 11.7. The molecule has 0 aromatic heterocycles. The van der Waals surface area contributed by atoms with Crippen molar-refractivity contribution in [1.29, 1.82) is 0 Å². The molecule has 0 aliphatic carbocycles. The van der Waals surface area contributed by atoms with Crippen molar-refractivity contribution in [2.24, 2.45) is 5.92 Å². The summed E-state index contributed by atoms with van der Waals surface area (Å²) in [5.74, 6) is 0.631. The molecule has 0 N–H and O–H groups in total. The van der Waals surface area contributed by atoms with Crippen molar-refractivity contribution in [2.75, 3.05) is 0 Å². The van der Waals surface area contributed by atoms with Crippen LogP contribution in [-0.4, -0.2) is 0 Å². The van der Waals surface area contributed by atoms with Gasteiger partial charge in [0.2, 0.25) is 0 Å². The molecule has 76 valence electrons. The molecule has 0 aliphatic heterocycles. The van der Waals surface area contributed by atoms with Gasteiger partial charge in [-0.25, -0.2) is 0 Å². The van der Waals surface area contributed by atoms with Crippen molar-refractivity contribution < 1.29 is 0 Å². The Morgan fingerprint density at radius 2 is 1.77 bits per heavy atom. The predicted molar refractivity (Wildman–Crippen MR) is 61.3 cm³/mol. The zero-order valence-corrected chi connectivity index (χ0v) is 9.10. The Morgan fingerprint density at radius 1 is 1.08 bits per heavy atom. The first-order valence-electron chi connectivity index (χ1n) is 5.54. The molecule has 0 aliphatic rings. The zero-order chi connectivity index (χ0) is 9.94. The summed E-state index contributed by atoms with van der Waals surface area (Å²) in [5.41, 5.74) is 0. The zero-order valence-electron chi connectivity index (χ0n) is 9.10. The molecule has 13 heavy (non-hydrogen) atoms. The topological polar surface area (TPSA) is 0 Å². The Morgan fingerprint density at radius 3 is 2.38 bits per heavy atom. The van der Waals surface area contributed by atoms with Gasteiger partial charge in [0.25, 0.3) is 0 Å². The normalized spacial score (nSPS) is 11.7. The van der Waals surface area contributed by atoms with Crippen LogP contribution in [0.15, 0.2) is 12.2 Å². The average Bonchev–Trinajstić information content (AvgIpc) is 2.09. The highest BCUT2D eigenvalue weighted by atomic mass is 14.0. The van der Waals surface area contributed by atoms with Crippen LogP contribution in [-0.2, 0) is 0 Å². The van der Waals surface area contributed by atoms with Crippen molar-refractivity contribution >= 4 is 0 Å². The summed E-state index contributed by atoms with van der Waals surface area (Å²) in [4.78, 5) is 0. The van der Waals surface area contributed by atoms with Gasteiger partial charge in [0.1, 0.15) is 0 Å². The molecule has 2 radical (unpaired) electrons. The first-order chi connectivity index (χ1) is 6.27. The second-order valence-electron chi connectivity index (χ2n) is 3.86. The van der Waals surface area contributed by atoms with Gasteiger partial charge in [0.15, 0.2) is 0 Å². The second kappa shape index (κ2) is 9.83. The molecule has 0 saturated heterocycles. The van der Waals surface area contributed by atoms with E-state index in [2.05, 4.69) is 32.9 Å². The van der Waals surface area contributed by atoms with E-state index in [0.717, 1.165) is 6.42 Å². The lowest BCUT2D eigenvalue weighted by atomic mass is 10.0. The lowest BCUT2D eigenvalue weighted by Crippen LogP contribution is -1.87. The third-order valence-corrected chi connectivity index (χ3v) is 2.15. The van der Waals surface area contributed by atoms with Crippen molar-refractivity contribution in [1.82, 2.24) is 0 Å². The van der Waals surface area contributed by atoms with E-state index in [-0.39, 0.29) is 0 Å². The highest BCUT2D eigenvalue weighted by Gasteiger charge is 1.93. The van der Waals surface area contributed by atoms with Crippen LogP contribution in [0.1, 0.15) is 51.9 Å². The first-order valence-corrected chi connectivity index (χ1v) is 5.54. The number of hydrogen-bond donors (Lipinski definition) is 0. The van der Waals surface area contributed by atoms with Gasteiger partial charge in [-0.05, 0) is 32.1 Å². The number of hydrogen-bond acceptors (Lipinski definition) is 0. The maximum Gasteiger partial charge on any atom is -0.0351 e. The molecule has 0 fully saturated rings. The van der Waals surface area contributed by atoms with Crippen molar-refractivity contribution in [2.45, 2.75) is 51.9 Å². The van der Waals surface area contributed by atoms with Gasteiger partial charge in [-0.3, -0.25) is 0 Å². The van der Waals surface area contributed by atoms with Crippen molar-refractivity contribution in [3.8, 4) is 0 Å². The number of rotatable bonds is 8. The molecule has 0 heterocycles. The molecule has 0 saturated carbocycles. The molecule has 0 rings (SSSR count). The Kier molecular flexibility index (Phi) is 9.63. The molecule has 0 aromatic carbocycles. The van der Waals surface area contributed by atoms with E-state index in [1.165, 1.54) is 38.5 Å².